The van der Waals surface area contributed by atoms with Crippen LogP contribution in [-0.4, -0.2) is 23.4 Å². The molecule has 0 spiro atoms. The minimum absolute atomic E-state index is 0.261. The molecule has 0 bridgehead atoms. The van der Waals surface area contributed by atoms with Crippen LogP contribution in [0.1, 0.15) is 32.7 Å². The molecular weight excluding hydrogens is 272 g/mol. The Morgan fingerprint density at radius 1 is 1.24 bits per heavy atom. The highest BCUT2D eigenvalue weighted by Crippen LogP contribution is 2.31. The standard InChI is InChI=1S/C14H20N4O3/c1-4-19-10-6-7-12(20-5-2)11(8-10)16-14-18-17-13(21-14)9(3)15/h6-9H,4-5,15H2,1-3H3,(H,16,18). The monoisotopic (exact) mass is 292 g/mol. The van der Waals surface area contributed by atoms with Crippen molar-refractivity contribution in [2.24, 2.45) is 5.73 Å². The average molecular weight is 292 g/mol. The number of nitrogens with two attached hydrogens (primary N) is 1. The molecule has 0 aliphatic carbocycles. The minimum atomic E-state index is -0.311. The third-order valence-electron chi connectivity index (χ3n) is 2.63. The van der Waals surface area contributed by atoms with Gasteiger partial charge in [-0.1, -0.05) is 5.10 Å². The van der Waals surface area contributed by atoms with Gasteiger partial charge in [0.1, 0.15) is 11.5 Å². The van der Waals surface area contributed by atoms with Crippen LogP contribution < -0.4 is 20.5 Å². The molecule has 7 nitrogen and oxygen atoms in total. The largest absolute Gasteiger partial charge is 0.494 e. The Morgan fingerprint density at radius 2 is 2.00 bits per heavy atom. The van der Waals surface area contributed by atoms with Crippen LogP contribution >= 0.6 is 0 Å². The van der Waals surface area contributed by atoms with Gasteiger partial charge < -0.3 is 24.9 Å². The number of nitrogens with zero attached hydrogens (tertiary/aromatic N) is 2. The topological polar surface area (TPSA) is 95.4 Å². The van der Waals surface area contributed by atoms with Gasteiger partial charge in [0.15, 0.2) is 0 Å². The predicted molar refractivity (Wildman–Crippen MR) is 79.0 cm³/mol. The Labute approximate surface area is 123 Å². The molecule has 114 valence electrons. The number of benzene rings is 1. The van der Waals surface area contributed by atoms with Crippen LogP contribution in [0.5, 0.6) is 11.5 Å². The summed E-state index contributed by atoms with van der Waals surface area (Å²) in [6, 6.07) is 5.45. The van der Waals surface area contributed by atoms with Crippen LogP contribution in [0.4, 0.5) is 11.7 Å². The summed E-state index contributed by atoms with van der Waals surface area (Å²) in [7, 11) is 0. The van der Waals surface area contributed by atoms with E-state index in [0.29, 0.717) is 30.5 Å². The Balaban J connectivity index is 2.24. The van der Waals surface area contributed by atoms with Crippen molar-refractivity contribution in [2.45, 2.75) is 26.8 Å². The number of nitrogens with one attached hydrogen (secondary N) is 1. The van der Waals surface area contributed by atoms with E-state index in [1.807, 2.05) is 32.0 Å². The Bertz CT molecular complexity index is 583. The molecule has 0 aliphatic rings. The fourth-order valence-electron chi connectivity index (χ4n) is 1.73. The number of hydrogen-bond donors (Lipinski definition) is 2. The van der Waals surface area contributed by atoms with E-state index < -0.39 is 0 Å². The first-order chi connectivity index (χ1) is 10.1. The zero-order valence-electron chi connectivity index (χ0n) is 12.4. The number of ether oxygens (including phenoxy) is 2. The average Bonchev–Trinajstić information content (AvgIpc) is 2.91. The summed E-state index contributed by atoms with van der Waals surface area (Å²) in [5.74, 6) is 1.79. The lowest BCUT2D eigenvalue weighted by atomic mass is 10.2. The molecule has 1 heterocycles. The van der Waals surface area contributed by atoms with Gasteiger partial charge in [-0.05, 0) is 32.9 Å². The molecule has 3 N–H and O–H groups in total. The Morgan fingerprint density at radius 3 is 2.62 bits per heavy atom. The maximum absolute atomic E-state index is 5.69. The fourth-order valence-corrected chi connectivity index (χ4v) is 1.73. The molecule has 0 amide bonds. The maximum atomic E-state index is 5.69. The fraction of sp³-hybridized carbons (Fsp3) is 0.429. The molecule has 1 aromatic heterocycles. The quantitative estimate of drug-likeness (QED) is 0.809. The van der Waals surface area contributed by atoms with Crippen molar-refractivity contribution in [3.05, 3.63) is 24.1 Å². The van der Waals surface area contributed by atoms with Gasteiger partial charge in [-0.2, -0.15) is 0 Å². The highest BCUT2D eigenvalue weighted by atomic mass is 16.5. The molecule has 1 aromatic carbocycles. The normalized spacial score (nSPS) is 12.0. The van der Waals surface area contributed by atoms with Crippen LogP contribution in [0.2, 0.25) is 0 Å². The van der Waals surface area contributed by atoms with Crippen molar-refractivity contribution in [2.75, 3.05) is 18.5 Å². The summed E-state index contributed by atoms with van der Waals surface area (Å²) >= 11 is 0. The van der Waals surface area contributed by atoms with E-state index >= 15 is 0 Å². The molecule has 21 heavy (non-hydrogen) atoms. The van der Waals surface area contributed by atoms with Crippen molar-refractivity contribution >= 4 is 11.7 Å². The summed E-state index contributed by atoms with van der Waals surface area (Å²) in [5.41, 5.74) is 6.39. The lowest BCUT2D eigenvalue weighted by Crippen LogP contribution is -2.04. The van der Waals surface area contributed by atoms with Gasteiger partial charge >= 0.3 is 6.01 Å². The molecule has 7 heteroatoms. The number of hydrogen-bond acceptors (Lipinski definition) is 7. The van der Waals surface area contributed by atoms with Gasteiger partial charge in [-0.3, -0.25) is 0 Å². The molecule has 0 fully saturated rings. The molecule has 2 aromatic rings. The second-order valence-corrected chi connectivity index (χ2v) is 4.38. The van der Waals surface area contributed by atoms with Crippen molar-refractivity contribution < 1.29 is 13.9 Å². The summed E-state index contributed by atoms with van der Waals surface area (Å²) < 4.78 is 16.5. The number of aromatic nitrogens is 2. The molecule has 1 unspecified atom stereocenters. The van der Waals surface area contributed by atoms with Gasteiger partial charge in [0.2, 0.25) is 5.89 Å². The molecule has 2 rings (SSSR count). The third-order valence-corrected chi connectivity index (χ3v) is 2.63. The van der Waals surface area contributed by atoms with E-state index in [1.165, 1.54) is 0 Å². The summed E-state index contributed by atoms with van der Waals surface area (Å²) in [4.78, 5) is 0. The van der Waals surface area contributed by atoms with E-state index in [-0.39, 0.29) is 12.1 Å². The van der Waals surface area contributed by atoms with E-state index in [4.69, 9.17) is 19.6 Å². The van der Waals surface area contributed by atoms with Gasteiger partial charge in [-0.15, -0.1) is 5.10 Å². The van der Waals surface area contributed by atoms with Crippen LogP contribution in [0, 0.1) is 0 Å². The second-order valence-electron chi connectivity index (χ2n) is 4.38. The smallest absolute Gasteiger partial charge is 0.320 e. The summed E-state index contributed by atoms with van der Waals surface area (Å²) in [6.07, 6.45) is 0. The Hall–Kier alpha value is -2.28. The molecule has 0 radical (unpaired) electrons. The van der Waals surface area contributed by atoms with Crippen molar-refractivity contribution in [3.8, 4) is 11.5 Å². The van der Waals surface area contributed by atoms with E-state index in [2.05, 4.69) is 15.5 Å². The van der Waals surface area contributed by atoms with Gasteiger partial charge in [-0.25, -0.2) is 0 Å². The lowest BCUT2D eigenvalue weighted by molar-refractivity contribution is 0.332. The third kappa shape index (κ3) is 3.85. The number of anilines is 2. The van der Waals surface area contributed by atoms with E-state index in [9.17, 15) is 0 Å². The highest BCUT2D eigenvalue weighted by Gasteiger charge is 2.13. The molecular formula is C14H20N4O3. The van der Waals surface area contributed by atoms with Crippen LogP contribution in [0.15, 0.2) is 22.6 Å². The SMILES string of the molecule is CCOc1ccc(OCC)c(Nc2nnc(C(C)N)o2)c1. The zero-order valence-corrected chi connectivity index (χ0v) is 12.4. The van der Waals surface area contributed by atoms with Crippen molar-refractivity contribution in [1.29, 1.82) is 0 Å². The lowest BCUT2D eigenvalue weighted by Gasteiger charge is -2.12. The van der Waals surface area contributed by atoms with Crippen LogP contribution in [0.3, 0.4) is 0 Å². The van der Waals surface area contributed by atoms with Crippen LogP contribution in [-0.2, 0) is 0 Å². The first-order valence-corrected chi connectivity index (χ1v) is 6.89. The van der Waals surface area contributed by atoms with Crippen LogP contribution in [0.25, 0.3) is 0 Å². The first kappa shape index (κ1) is 15.1. The molecule has 0 saturated heterocycles. The van der Waals surface area contributed by atoms with Crippen molar-refractivity contribution in [1.82, 2.24) is 10.2 Å². The highest BCUT2D eigenvalue weighted by molar-refractivity contribution is 5.64. The Kier molecular flexibility index (Phi) is 4.99. The number of rotatable bonds is 7. The van der Waals surface area contributed by atoms with E-state index in [0.717, 1.165) is 5.75 Å². The van der Waals surface area contributed by atoms with Gasteiger partial charge in [0, 0.05) is 6.07 Å². The maximum Gasteiger partial charge on any atom is 0.320 e. The second kappa shape index (κ2) is 6.94. The molecule has 0 saturated carbocycles. The van der Waals surface area contributed by atoms with Crippen molar-refractivity contribution in [3.63, 3.8) is 0 Å². The predicted octanol–water partition coefficient (Wildman–Crippen LogP) is 2.63. The van der Waals surface area contributed by atoms with E-state index in [1.54, 1.807) is 6.92 Å². The first-order valence-electron chi connectivity index (χ1n) is 6.89. The summed E-state index contributed by atoms with van der Waals surface area (Å²) in [5, 5.41) is 10.8. The molecule has 1 atom stereocenters. The van der Waals surface area contributed by atoms with Gasteiger partial charge in [0.25, 0.3) is 0 Å². The van der Waals surface area contributed by atoms with Gasteiger partial charge in [0.05, 0.1) is 24.9 Å². The summed E-state index contributed by atoms with van der Waals surface area (Å²) in [6.45, 7) is 6.76. The zero-order chi connectivity index (χ0) is 15.2. The molecule has 0 aliphatic heterocycles. The minimum Gasteiger partial charge on any atom is -0.494 e.